The first-order chi connectivity index (χ1) is 6.81. The molecular weight excluding hydrogens is 178 g/mol. The first-order valence-corrected chi connectivity index (χ1v) is 4.65. The number of rotatable bonds is 2. The van der Waals surface area contributed by atoms with Gasteiger partial charge >= 0.3 is 0 Å². The predicted octanol–water partition coefficient (Wildman–Crippen LogP) is 1.27. The molecule has 0 radical (unpaired) electrons. The standard InChI is InChI=1S/C10H11N3O/c1-2-4-8-12-7-5-3-6-11-9(7)10(14)13-8/h3,5-6H,2,4H2,1H3,(H,12,13,14). The van der Waals surface area contributed by atoms with Crippen LogP contribution in [0.1, 0.15) is 19.2 Å². The lowest BCUT2D eigenvalue weighted by molar-refractivity contribution is 0.835. The van der Waals surface area contributed by atoms with Crippen molar-refractivity contribution in [1.29, 1.82) is 0 Å². The second-order valence-electron chi connectivity index (χ2n) is 3.13. The second-order valence-corrected chi connectivity index (χ2v) is 3.13. The Balaban J connectivity index is 2.66. The number of nitrogens with zero attached hydrogens (tertiary/aromatic N) is 2. The molecule has 0 aromatic carbocycles. The average molecular weight is 189 g/mol. The highest BCUT2D eigenvalue weighted by molar-refractivity contribution is 5.72. The van der Waals surface area contributed by atoms with Crippen molar-refractivity contribution >= 4 is 11.0 Å². The molecule has 0 bridgehead atoms. The number of hydrogen-bond acceptors (Lipinski definition) is 3. The molecule has 2 heterocycles. The van der Waals surface area contributed by atoms with Crippen LogP contribution in [0.25, 0.3) is 11.0 Å². The van der Waals surface area contributed by atoms with Crippen molar-refractivity contribution in [3.63, 3.8) is 0 Å². The van der Waals surface area contributed by atoms with Crippen LogP contribution in [-0.2, 0) is 6.42 Å². The minimum absolute atomic E-state index is 0.154. The number of hydrogen-bond donors (Lipinski definition) is 1. The lowest BCUT2D eigenvalue weighted by atomic mass is 10.3. The molecule has 14 heavy (non-hydrogen) atoms. The molecule has 4 heteroatoms. The molecular formula is C10H11N3O. The van der Waals surface area contributed by atoms with E-state index in [4.69, 9.17) is 0 Å². The summed E-state index contributed by atoms with van der Waals surface area (Å²) in [5, 5.41) is 0. The van der Waals surface area contributed by atoms with Crippen molar-refractivity contribution in [2.75, 3.05) is 0 Å². The second kappa shape index (κ2) is 3.57. The zero-order valence-electron chi connectivity index (χ0n) is 7.95. The number of fused-ring (bicyclic) bond motifs is 1. The highest BCUT2D eigenvalue weighted by Gasteiger charge is 2.02. The van der Waals surface area contributed by atoms with Crippen LogP contribution in [-0.4, -0.2) is 15.0 Å². The van der Waals surface area contributed by atoms with E-state index in [2.05, 4.69) is 15.0 Å². The summed E-state index contributed by atoms with van der Waals surface area (Å²) in [7, 11) is 0. The highest BCUT2D eigenvalue weighted by atomic mass is 16.1. The van der Waals surface area contributed by atoms with E-state index in [1.165, 1.54) is 0 Å². The summed E-state index contributed by atoms with van der Waals surface area (Å²) in [6.07, 6.45) is 3.35. The Bertz CT molecular complexity index is 504. The molecule has 0 aliphatic rings. The van der Waals surface area contributed by atoms with Crippen LogP contribution < -0.4 is 5.56 Å². The molecule has 0 saturated heterocycles. The van der Waals surface area contributed by atoms with E-state index in [1.807, 2.05) is 6.92 Å². The largest absolute Gasteiger partial charge is 0.309 e. The molecule has 2 aromatic rings. The van der Waals surface area contributed by atoms with Crippen molar-refractivity contribution in [2.24, 2.45) is 0 Å². The zero-order chi connectivity index (χ0) is 9.97. The zero-order valence-corrected chi connectivity index (χ0v) is 7.95. The van der Waals surface area contributed by atoms with Gasteiger partial charge in [0.05, 0.1) is 5.52 Å². The first kappa shape index (κ1) is 8.87. The maximum Gasteiger partial charge on any atom is 0.277 e. The average Bonchev–Trinajstić information content (AvgIpc) is 2.18. The topological polar surface area (TPSA) is 58.6 Å². The van der Waals surface area contributed by atoms with Crippen LogP contribution in [0.4, 0.5) is 0 Å². The number of H-pyrrole nitrogens is 1. The summed E-state index contributed by atoms with van der Waals surface area (Å²) in [4.78, 5) is 22.5. The number of nitrogens with one attached hydrogen (secondary N) is 1. The van der Waals surface area contributed by atoms with E-state index in [-0.39, 0.29) is 5.56 Å². The third-order valence-electron chi connectivity index (χ3n) is 2.00. The lowest BCUT2D eigenvalue weighted by Crippen LogP contribution is -2.12. The molecule has 2 aromatic heterocycles. The third-order valence-corrected chi connectivity index (χ3v) is 2.00. The minimum Gasteiger partial charge on any atom is -0.309 e. The SMILES string of the molecule is CCCc1nc2cccnc2c(=O)[nH]1. The fraction of sp³-hybridized carbons (Fsp3) is 0.300. The number of aromatic amines is 1. The molecule has 0 aliphatic heterocycles. The Morgan fingerprint density at radius 2 is 2.36 bits per heavy atom. The Labute approximate surface area is 81.0 Å². The summed E-state index contributed by atoms with van der Waals surface area (Å²) < 4.78 is 0. The van der Waals surface area contributed by atoms with Crippen LogP contribution in [0.5, 0.6) is 0 Å². The van der Waals surface area contributed by atoms with Gasteiger partial charge in [0.2, 0.25) is 0 Å². The van der Waals surface area contributed by atoms with Crippen LogP contribution in [0, 0.1) is 0 Å². The van der Waals surface area contributed by atoms with Gasteiger partial charge in [0.15, 0.2) is 5.52 Å². The maximum atomic E-state index is 11.5. The fourth-order valence-corrected chi connectivity index (χ4v) is 1.38. The molecule has 0 saturated carbocycles. The van der Waals surface area contributed by atoms with Crippen molar-refractivity contribution in [3.8, 4) is 0 Å². The fourth-order valence-electron chi connectivity index (χ4n) is 1.38. The maximum absolute atomic E-state index is 11.5. The van der Waals surface area contributed by atoms with Gasteiger partial charge in [-0.2, -0.15) is 0 Å². The predicted molar refractivity (Wildman–Crippen MR) is 54.2 cm³/mol. The Kier molecular flexibility index (Phi) is 2.26. The molecule has 4 nitrogen and oxygen atoms in total. The first-order valence-electron chi connectivity index (χ1n) is 4.65. The van der Waals surface area contributed by atoms with Crippen molar-refractivity contribution in [2.45, 2.75) is 19.8 Å². The molecule has 72 valence electrons. The van der Waals surface area contributed by atoms with Gasteiger partial charge < -0.3 is 4.98 Å². The molecule has 1 N–H and O–H groups in total. The van der Waals surface area contributed by atoms with Gasteiger partial charge in [-0.1, -0.05) is 6.92 Å². The lowest BCUT2D eigenvalue weighted by Gasteiger charge is -1.99. The van der Waals surface area contributed by atoms with Crippen molar-refractivity contribution in [3.05, 3.63) is 34.5 Å². The van der Waals surface area contributed by atoms with Gasteiger partial charge in [-0.05, 0) is 18.6 Å². The van der Waals surface area contributed by atoms with Crippen molar-refractivity contribution in [1.82, 2.24) is 15.0 Å². The summed E-state index contributed by atoms with van der Waals surface area (Å²) in [5.41, 5.74) is 0.922. The van der Waals surface area contributed by atoms with Gasteiger partial charge in [-0.25, -0.2) is 9.97 Å². The normalized spacial score (nSPS) is 10.6. The Morgan fingerprint density at radius 3 is 3.14 bits per heavy atom. The number of pyridine rings is 1. The summed E-state index contributed by atoms with van der Waals surface area (Å²) in [5.74, 6) is 0.734. The van der Waals surface area contributed by atoms with Crippen LogP contribution in [0.3, 0.4) is 0 Å². The van der Waals surface area contributed by atoms with Crippen LogP contribution >= 0.6 is 0 Å². The summed E-state index contributed by atoms with van der Waals surface area (Å²) in [6.45, 7) is 2.05. The van der Waals surface area contributed by atoms with Gasteiger partial charge in [0.1, 0.15) is 5.82 Å². The van der Waals surface area contributed by atoms with E-state index >= 15 is 0 Å². The smallest absolute Gasteiger partial charge is 0.277 e. The quantitative estimate of drug-likeness (QED) is 0.773. The van der Waals surface area contributed by atoms with E-state index < -0.39 is 0 Å². The number of aromatic nitrogens is 3. The molecule has 0 atom stereocenters. The Hall–Kier alpha value is -1.71. The Morgan fingerprint density at radius 1 is 1.50 bits per heavy atom. The molecule has 0 unspecified atom stereocenters. The summed E-state index contributed by atoms with van der Waals surface area (Å²) >= 11 is 0. The van der Waals surface area contributed by atoms with E-state index in [0.29, 0.717) is 11.0 Å². The molecule has 0 aliphatic carbocycles. The van der Waals surface area contributed by atoms with Crippen LogP contribution in [0.15, 0.2) is 23.1 Å². The molecule has 2 rings (SSSR count). The van der Waals surface area contributed by atoms with Crippen LogP contribution in [0.2, 0.25) is 0 Å². The van der Waals surface area contributed by atoms with Gasteiger partial charge in [0.25, 0.3) is 5.56 Å². The molecule has 0 spiro atoms. The van der Waals surface area contributed by atoms with Gasteiger partial charge in [0, 0.05) is 12.6 Å². The van der Waals surface area contributed by atoms with E-state index in [1.54, 1.807) is 18.3 Å². The van der Waals surface area contributed by atoms with Crippen molar-refractivity contribution < 1.29 is 0 Å². The van der Waals surface area contributed by atoms with Gasteiger partial charge in [-0.3, -0.25) is 4.79 Å². The number of aryl methyl sites for hydroxylation is 1. The molecule has 0 fully saturated rings. The minimum atomic E-state index is -0.154. The van der Waals surface area contributed by atoms with E-state index in [9.17, 15) is 4.79 Å². The van der Waals surface area contributed by atoms with E-state index in [0.717, 1.165) is 18.7 Å². The van der Waals surface area contributed by atoms with Gasteiger partial charge in [-0.15, -0.1) is 0 Å². The molecule has 0 amide bonds. The highest BCUT2D eigenvalue weighted by Crippen LogP contribution is 2.03. The summed E-state index contributed by atoms with van der Waals surface area (Å²) in [6, 6.07) is 3.58. The monoisotopic (exact) mass is 189 g/mol. The third kappa shape index (κ3) is 1.51.